The van der Waals surface area contributed by atoms with Gasteiger partial charge in [-0.2, -0.15) is 0 Å². The number of ether oxygens (including phenoxy) is 1. The molecule has 0 radical (unpaired) electrons. The molecule has 2 N–H and O–H groups in total. The zero-order valence-corrected chi connectivity index (χ0v) is 14.3. The summed E-state index contributed by atoms with van der Waals surface area (Å²) in [6, 6.07) is 0. The lowest BCUT2D eigenvalue weighted by Crippen LogP contribution is -2.41. The number of esters is 1. The molecule has 5 nitrogen and oxygen atoms in total. The third kappa shape index (κ3) is 9.49. The second kappa shape index (κ2) is 11.6. The highest BCUT2D eigenvalue weighted by Gasteiger charge is 2.13. The van der Waals surface area contributed by atoms with Crippen LogP contribution in [0, 0.1) is 11.8 Å². The standard InChI is InChI=1S/C12H25N3O2.HI/c1-9(2)6-7-14-12(13-4)15-8-10(3)11(16)17-5;/h9-10H,6-8H2,1-5H3,(H2,13,14,15);1H. The van der Waals surface area contributed by atoms with E-state index in [4.69, 9.17) is 0 Å². The minimum Gasteiger partial charge on any atom is -0.469 e. The maximum absolute atomic E-state index is 11.2. The molecule has 0 amide bonds. The Morgan fingerprint density at radius 1 is 1.28 bits per heavy atom. The summed E-state index contributed by atoms with van der Waals surface area (Å²) in [7, 11) is 3.11. The summed E-state index contributed by atoms with van der Waals surface area (Å²) in [5.41, 5.74) is 0. The number of guanidine groups is 1. The van der Waals surface area contributed by atoms with Crippen molar-refractivity contribution in [3.8, 4) is 0 Å². The molecule has 0 spiro atoms. The third-order valence-corrected chi connectivity index (χ3v) is 2.42. The maximum atomic E-state index is 11.2. The smallest absolute Gasteiger partial charge is 0.310 e. The van der Waals surface area contributed by atoms with E-state index >= 15 is 0 Å². The van der Waals surface area contributed by atoms with Crippen LogP contribution >= 0.6 is 24.0 Å². The molecular weight excluding hydrogens is 345 g/mol. The van der Waals surface area contributed by atoms with Crippen LogP contribution in [0.15, 0.2) is 4.99 Å². The Kier molecular flexibility index (Phi) is 12.7. The van der Waals surface area contributed by atoms with Crippen LogP contribution in [0.1, 0.15) is 27.2 Å². The zero-order chi connectivity index (χ0) is 13.3. The van der Waals surface area contributed by atoms with Gasteiger partial charge in [0.05, 0.1) is 13.0 Å². The number of nitrogens with zero attached hydrogens (tertiary/aromatic N) is 1. The summed E-state index contributed by atoms with van der Waals surface area (Å²) in [5, 5.41) is 6.30. The number of rotatable bonds is 6. The number of aliphatic imine (C=N–C) groups is 1. The molecule has 0 aliphatic rings. The molecule has 0 aliphatic carbocycles. The largest absolute Gasteiger partial charge is 0.469 e. The van der Waals surface area contributed by atoms with E-state index in [1.807, 2.05) is 6.92 Å². The molecule has 6 heteroatoms. The van der Waals surface area contributed by atoms with E-state index in [0.29, 0.717) is 12.5 Å². The summed E-state index contributed by atoms with van der Waals surface area (Å²) in [6.07, 6.45) is 1.09. The van der Waals surface area contributed by atoms with Crippen molar-refractivity contribution in [3.05, 3.63) is 0 Å². The first-order valence-corrected chi connectivity index (χ1v) is 6.03. The fraction of sp³-hybridized carbons (Fsp3) is 0.833. The van der Waals surface area contributed by atoms with Crippen LogP contribution in [0.5, 0.6) is 0 Å². The highest BCUT2D eigenvalue weighted by molar-refractivity contribution is 14.0. The Morgan fingerprint density at radius 3 is 2.33 bits per heavy atom. The molecule has 18 heavy (non-hydrogen) atoms. The van der Waals surface area contributed by atoms with E-state index in [2.05, 4.69) is 34.2 Å². The van der Waals surface area contributed by atoms with E-state index in [1.54, 1.807) is 7.05 Å². The van der Waals surface area contributed by atoms with Crippen LogP contribution in [0.25, 0.3) is 0 Å². The molecule has 108 valence electrons. The maximum Gasteiger partial charge on any atom is 0.310 e. The lowest BCUT2D eigenvalue weighted by Gasteiger charge is -2.15. The normalized spacial score (nSPS) is 12.7. The fourth-order valence-electron chi connectivity index (χ4n) is 1.23. The van der Waals surface area contributed by atoms with Crippen LogP contribution in [-0.2, 0) is 9.53 Å². The van der Waals surface area contributed by atoms with Gasteiger partial charge in [-0.15, -0.1) is 24.0 Å². The third-order valence-electron chi connectivity index (χ3n) is 2.42. The van der Waals surface area contributed by atoms with Crippen LogP contribution < -0.4 is 10.6 Å². The Balaban J connectivity index is 0. The molecular formula is C12H26IN3O2. The Bertz CT molecular complexity index is 258. The molecule has 0 aromatic carbocycles. The van der Waals surface area contributed by atoms with Crippen molar-refractivity contribution in [2.75, 3.05) is 27.2 Å². The summed E-state index contributed by atoms with van der Waals surface area (Å²) in [6.45, 7) is 7.58. The highest BCUT2D eigenvalue weighted by Crippen LogP contribution is 1.97. The average molecular weight is 371 g/mol. The SMILES string of the molecule is CN=C(NCCC(C)C)NCC(C)C(=O)OC.I. The van der Waals surface area contributed by atoms with Crippen LogP contribution in [0.4, 0.5) is 0 Å². The fourth-order valence-corrected chi connectivity index (χ4v) is 1.23. The van der Waals surface area contributed by atoms with Crippen LogP contribution in [-0.4, -0.2) is 39.2 Å². The topological polar surface area (TPSA) is 62.7 Å². The van der Waals surface area contributed by atoms with Crippen molar-refractivity contribution in [3.63, 3.8) is 0 Å². The first-order valence-electron chi connectivity index (χ1n) is 6.03. The molecule has 0 saturated carbocycles. The molecule has 0 heterocycles. The summed E-state index contributed by atoms with van der Waals surface area (Å²) in [4.78, 5) is 15.3. The Morgan fingerprint density at radius 2 is 1.89 bits per heavy atom. The molecule has 0 aromatic rings. The van der Waals surface area contributed by atoms with Crippen molar-refractivity contribution in [1.82, 2.24) is 10.6 Å². The van der Waals surface area contributed by atoms with Crippen LogP contribution in [0.3, 0.4) is 0 Å². The second-order valence-electron chi connectivity index (χ2n) is 4.49. The number of hydrogen-bond acceptors (Lipinski definition) is 3. The van der Waals surface area contributed by atoms with Gasteiger partial charge in [0.1, 0.15) is 0 Å². The number of carbonyl (C=O) groups is 1. The lowest BCUT2D eigenvalue weighted by atomic mass is 10.1. The van der Waals surface area contributed by atoms with Gasteiger partial charge in [0, 0.05) is 20.1 Å². The summed E-state index contributed by atoms with van der Waals surface area (Å²) >= 11 is 0. The van der Waals surface area contributed by atoms with Gasteiger partial charge in [-0.05, 0) is 12.3 Å². The highest BCUT2D eigenvalue weighted by atomic mass is 127. The molecule has 0 aromatic heterocycles. The van der Waals surface area contributed by atoms with Gasteiger partial charge in [0.25, 0.3) is 0 Å². The van der Waals surface area contributed by atoms with Gasteiger partial charge >= 0.3 is 5.97 Å². The Labute approximate surface area is 127 Å². The van der Waals surface area contributed by atoms with E-state index in [-0.39, 0.29) is 35.9 Å². The number of carbonyl (C=O) groups excluding carboxylic acids is 1. The molecule has 0 rings (SSSR count). The van der Waals surface area contributed by atoms with Crippen molar-refractivity contribution < 1.29 is 9.53 Å². The number of methoxy groups -OCH3 is 1. The van der Waals surface area contributed by atoms with Gasteiger partial charge in [0.2, 0.25) is 0 Å². The molecule has 1 unspecified atom stereocenters. The van der Waals surface area contributed by atoms with Gasteiger partial charge in [-0.3, -0.25) is 9.79 Å². The number of nitrogens with one attached hydrogen (secondary N) is 2. The van der Waals surface area contributed by atoms with Gasteiger partial charge < -0.3 is 15.4 Å². The molecule has 0 fully saturated rings. The monoisotopic (exact) mass is 371 g/mol. The zero-order valence-electron chi connectivity index (χ0n) is 11.9. The lowest BCUT2D eigenvalue weighted by molar-refractivity contribution is -0.144. The number of hydrogen-bond donors (Lipinski definition) is 2. The van der Waals surface area contributed by atoms with E-state index in [0.717, 1.165) is 18.9 Å². The molecule has 1 atom stereocenters. The van der Waals surface area contributed by atoms with Gasteiger partial charge in [-0.25, -0.2) is 0 Å². The van der Waals surface area contributed by atoms with E-state index in [9.17, 15) is 4.79 Å². The Hall–Kier alpha value is -0.530. The van der Waals surface area contributed by atoms with Crippen LogP contribution in [0.2, 0.25) is 0 Å². The minimum atomic E-state index is -0.213. The molecule has 0 aliphatic heterocycles. The van der Waals surface area contributed by atoms with Crippen molar-refractivity contribution in [2.45, 2.75) is 27.2 Å². The summed E-state index contributed by atoms with van der Waals surface area (Å²) < 4.78 is 4.65. The quantitative estimate of drug-likeness (QED) is 0.323. The first kappa shape index (κ1) is 19.8. The van der Waals surface area contributed by atoms with E-state index in [1.165, 1.54) is 7.11 Å². The summed E-state index contributed by atoms with van der Waals surface area (Å²) in [5.74, 6) is 0.995. The van der Waals surface area contributed by atoms with Gasteiger partial charge in [0.15, 0.2) is 5.96 Å². The molecule has 0 saturated heterocycles. The minimum absolute atomic E-state index is 0. The second-order valence-corrected chi connectivity index (χ2v) is 4.49. The average Bonchev–Trinajstić information content (AvgIpc) is 2.31. The first-order chi connectivity index (χ1) is 8.01. The molecule has 0 bridgehead atoms. The van der Waals surface area contributed by atoms with Gasteiger partial charge in [-0.1, -0.05) is 20.8 Å². The van der Waals surface area contributed by atoms with Crippen molar-refractivity contribution in [1.29, 1.82) is 0 Å². The van der Waals surface area contributed by atoms with Crippen molar-refractivity contribution in [2.24, 2.45) is 16.8 Å². The van der Waals surface area contributed by atoms with Crippen molar-refractivity contribution >= 4 is 35.9 Å². The predicted octanol–water partition coefficient (Wildman–Crippen LogP) is 1.62. The van der Waals surface area contributed by atoms with E-state index < -0.39 is 0 Å². The predicted molar refractivity (Wildman–Crippen MR) is 85.4 cm³/mol. The number of halogens is 1.